The Balaban J connectivity index is 1.26. The molecule has 0 heterocycles. The molecule has 0 spiro atoms. The van der Waals surface area contributed by atoms with Crippen LogP contribution >= 0.6 is 0 Å². The van der Waals surface area contributed by atoms with Crippen LogP contribution in [0.2, 0.25) is 0 Å². The van der Waals surface area contributed by atoms with Gasteiger partial charge in [0.05, 0.1) is 5.92 Å². The maximum Gasteiger partial charge on any atom is 0.407 e. The Kier molecular flexibility index (Phi) is 7.02. The lowest BCUT2D eigenvalue weighted by Crippen LogP contribution is -2.33. The van der Waals surface area contributed by atoms with Gasteiger partial charge in [0.1, 0.15) is 12.5 Å². The summed E-state index contributed by atoms with van der Waals surface area (Å²) in [7, 11) is 1.21. The molecule has 1 fully saturated rings. The Bertz CT molecular complexity index is 1080. The van der Waals surface area contributed by atoms with Crippen molar-refractivity contribution in [2.24, 2.45) is 11.8 Å². The van der Waals surface area contributed by atoms with Gasteiger partial charge in [-0.2, -0.15) is 0 Å². The predicted octanol–water partition coefficient (Wildman–Crippen LogP) is 3.01. The number of amides is 2. The molecule has 2 aliphatic rings. The summed E-state index contributed by atoms with van der Waals surface area (Å²) in [6.45, 7) is -0.491. The van der Waals surface area contributed by atoms with Crippen molar-refractivity contribution in [3.05, 3.63) is 59.7 Å². The van der Waals surface area contributed by atoms with Gasteiger partial charge in [-0.05, 0) is 22.3 Å². The quantitative estimate of drug-likeness (QED) is 0.474. The van der Waals surface area contributed by atoms with Crippen LogP contribution in [0.15, 0.2) is 48.5 Å². The molecule has 3 atom stereocenters. The lowest BCUT2D eigenvalue weighted by Gasteiger charge is -2.14. The Labute approximate surface area is 200 Å². The monoisotopic (exact) mass is 488 g/mol. The Hall–Kier alpha value is -3.53. The number of methoxy groups -OCH3 is 1. The van der Waals surface area contributed by atoms with Crippen LogP contribution in [0.5, 0.6) is 0 Å². The van der Waals surface area contributed by atoms with Crippen molar-refractivity contribution in [3.63, 3.8) is 0 Å². The van der Waals surface area contributed by atoms with Crippen molar-refractivity contribution in [2.75, 3.05) is 26.8 Å². The molecule has 0 radical (unpaired) electrons. The fourth-order valence-electron chi connectivity index (χ4n) is 4.62. The van der Waals surface area contributed by atoms with Crippen molar-refractivity contribution in [1.82, 2.24) is 10.6 Å². The molecule has 0 aliphatic heterocycles. The minimum absolute atomic E-state index is 0.0507. The fourth-order valence-corrected chi connectivity index (χ4v) is 4.62. The molecular weight excluding hydrogens is 462 g/mol. The van der Waals surface area contributed by atoms with E-state index in [-0.39, 0.29) is 25.5 Å². The molecule has 10 heteroatoms. The number of hydrogen-bond acceptors (Lipinski definition) is 5. The number of alkyl carbamates (subject to hydrolysis) is 1. The summed E-state index contributed by atoms with van der Waals surface area (Å²) in [5.41, 5.74) is 4.21. The first-order valence-electron chi connectivity index (χ1n) is 11.3. The average molecular weight is 488 g/mol. The molecule has 35 heavy (non-hydrogen) atoms. The number of carbonyl (C=O) groups excluding carboxylic acids is 2. The van der Waals surface area contributed by atoms with Crippen molar-refractivity contribution in [3.8, 4) is 11.1 Å². The molecule has 8 nitrogen and oxygen atoms in total. The molecule has 4 rings (SSSR count). The van der Waals surface area contributed by atoms with Crippen molar-refractivity contribution in [1.29, 1.82) is 0 Å². The van der Waals surface area contributed by atoms with Gasteiger partial charge in [-0.3, -0.25) is 4.79 Å². The van der Waals surface area contributed by atoms with E-state index in [1.54, 1.807) is 0 Å². The first-order valence-corrected chi connectivity index (χ1v) is 11.3. The summed E-state index contributed by atoms with van der Waals surface area (Å²) in [5, 5.41) is 13.6. The van der Waals surface area contributed by atoms with Crippen LogP contribution in [-0.2, 0) is 19.1 Å². The normalized spacial score (nSPS) is 20.3. The first-order chi connectivity index (χ1) is 16.8. The van der Waals surface area contributed by atoms with Crippen molar-refractivity contribution in [2.45, 2.75) is 24.4 Å². The van der Waals surface area contributed by atoms with Gasteiger partial charge < -0.3 is 25.2 Å². The first kappa shape index (κ1) is 24.6. The van der Waals surface area contributed by atoms with Crippen LogP contribution in [0.4, 0.5) is 13.6 Å². The molecule has 2 aromatic carbocycles. The van der Waals surface area contributed by atoms with Crippen LogP contribution in [0.1, 0.15) is 23.5 Å². The number of aliphatic carboxylic acids is 1. The number of halogens is 2. The minimum atomic E-state index is -3.27. The predicted molar refractivity (Wildman–Crippen MR) is 121 cm³/mol. The second kappa shape index (κ2) is 9.99. The maximum absolute atomic E-state index is 14.1. The van der Waals surface area contributed by atoms with Crippen molar-refractivity contribution < 1.29 is 37.7 Å². The highest BCUT2D eigenvalue weighted by atomic mass is 19.3. The number of nitrogens with one attached hydrogen (secondary N) is 2. The number of carboxylic acids is 1. The van der Waals surface area contributed by atoms with E-state index in [0.29, 0.717) is 0 Å². The molecule has 186 valence electrons. The number of carboxylic acid groups (broad SMARTS) is 1. The van der Waals surface area contributed by atoms with E-state index in [4.69, 9.17) is 14.6 Å². The highest BCUT2D eigenvalue weighted by Gasteiger charge is 2.71. The zero-order valence-corrected chi connectivity index (χ0v) is 19.0. The van der Waals surface area contributed by atoms with Gasteiger partial charge in [-0.1, -0.05) is 48.5 Å². The maximum atomic E-state index is 14.1. The summed E-state index contributed by atoms with van der Waals surface area (Å²) < 4.78 is 38.3. The lowest BCUT2D eigenvalue weighted by molar-refractivity contribution is -0.149. The highest BCUT2D eigenvalue weighted by Crippen LogP contribution is 2.55. The highest BCUT2D eigenvalue weighted by molar-refractivity contribution is 5.84. The number of alkyl halides is 2. The third kappa shape index (κ3) is 4.97. The Morgan fingerprint density at radius 1 is 1.03 bits per heavy atom. The van der Waals surface area contributed by atoms with Crippen molar-refractivity contribution >= 4 is 18.0 Å². The average Bonchev–Trinajstić information content (AvgIpc) is 3.25. The van der Waals surface area contributed by atoms with E-state index in [9.17, 15) is 23.2 Å². The van der Waals surface area contributed by atoms with Crippen LogP contribution < -0.4 is 10.6 Å². The number of fused-ring (bicyclic) bond motifs is 3. The second-order valence-electron chi connectivity index (χ2n) is 8.61. The second-order valence-corrected chi connectivity index (χ2v) is 8.61. The Morgan fingerprint density at radius 2 is 1.63 bits per heavy atom. The molecule has 0 bridgehead atoms. The summed E-state index contributed by atoms with van der Waals surface area (Å²) in [6.07, 6.45) is -2.03. The van der Waals surface area contributed by atoms with Gasteiger partial charge >= 0.3 is 12.1 Å². The van der Waals surface area contributed by atoms with Crippen LogP contribution in [0.25, 0.3) is 11.1 Å². The summed E-state index contributed by atoms with van der Waals surface area (Å²) in [6, 6.07) is 15.7. The zero-order valence-electron chi connectivity index (χ0n) is 19.0. The molecular formula is C25H26F2N2O6. The number of carbonyl (C=O) groups is 3. The molecule has 3 N–H and O–H groups in total. The lowest BCUT2D eigenvalue weighted by atomic mass is 9.98. The van der Waals surface area contributed by atoms with E-state index in [2.05, 4.69) is 10.6 Å². The minimum Gasteiger partial charge on any atom is -0.479 e. The molecule has 2 aliphatic carbocycles. The number of ether oxygens (including phenoxy) is 2. The van der Waals surface area contributed by atoms with Crippen LogP contribution in [0.3, 0.4) is 0 Å². The van der Waals surface area contributed by atoms with E-state index >= 15 is 0 Å². The fraction of sp³-hybridized carbons (Fsp3) is 0.400. The molecule has 0 saturated heterocycles. The SMILES string of the molecule is COC(CCNC(=O)[C@@H]1[C@H](CNC(=O)OCC2c3ccccc3-c3ccccc32)C1(F)F)C(=O)O. The molecule has 0 aromatic heterocycles. The van der Waals surface area contributed by atoms with E-state index in [1.165, 1.54) is 7.11 Å². The molecule has 2 amide bonds. The standard InChI is InChI=1S/C25H26F2N2O6/c1-34-20(23(31)32)10-11-28-22(30)21-19(25(21,26)27)12-29-24(33)35-13-18-16-8-4-2-6-14(16)15-7-3-5-9-17(15)18/h2-9,18-21H,10-13H2,1H3,(H,28,30)(H,29,33)(H,31,32)/t19-,20?,21-/m0/s1. The van der Waals surface area contributed by atoms with Crippen LogP contribution in [-0.4, -0.2) is 61.9 Å². The zero-order chi connectivity index (χ0) is 25.2. The van der Waals surface area contributed by atoms with Gasteiger partial charge in [-0.25, -0.2) is 18.4 Å². The summed E-state index contributed by atoms with van der Waals surface area (Å²) in [4.78, 5) is 35.3. The topological polar surface area (TPSA) is 114 Å². The van der Waals surface area contributed by atoms with Gasteiger partial charge in [0, 0.05) is 32.5 Å². The van der Waals surface area contributed by atoms with E-state index in [1.807, 2.05) is 48.5 Å². The summed E-state index contributed by atoms with van der Waals surface area (Å²) >= 11 is 0. The molecule has 1 unspecified atom stereocenters. The molecule has 2 aromatic rings. The van der Waals surface area contributed by atoms with Gasteiger partial charge in [0.25, 0.3) is 5.92 Å². The van der Waals surface area contributed by atoms with E-state index < -0.39 is 48.4 Å². The van der Waals surface area contributed by atoms with Gasteiger partial charge in [-0.15, -0.1) is 0 Å². The third-order valence-electron chi connectivity index (χ3n) is 6.56. The summed E-state index contributed by atoms with van der Waals surface area (Å²) in [5.74, 6) is -8.48. The smallest absolute Gasteiger partial charge is 0.407 e. The van der Waals surface area contributed by atoms with Gasteiger partial charge in [0.15, 0.2) is 6.10 Å². The molecule has 1 saturated carbocycles. The number of hydrogen-bond donors (Lipinski definition) is 3. The number of rotatable bonds is 10. The van der Waals surface area contributed by atoms with E-state index in [0.717, 1.165) is 22.3 Å². The van der Waals surface area contributed by atoms with Crippen LogP contribution in [0, 0.1) is 11.8 Å². The third-order valence-corrected chi connectivity index (χ3v) is 6.56. The van der Waals surface area contributed by atoms with Gasteiger partial charge in [0.2, 0.25) is 5.91 Å². The number of benzene rings is 2. The largest absolute Gasteiger partial charge is 0.479 e. The Morgan fingerprint density at radius 3 is 2.20 bits per heavy atom.